The number of likely N-dealkylation sites (tertiary alicyclic amines) is 1. The minimum Gasteiger partial charge on any atom is -0.302 e. The molecule has 1 aliphatic heterocycles. The Labute approximate surface area is 116 Å². The Hall–Kier alpha value is -1.19. The highest BCUT2D eigenvalue weighted by Crippen LogP contribution is 2.15. The molecule has 1 fully saturated rings. The Morgan fingerprint density at radius 3 is 2.89 bits per heavy atom. The largest absolute Gasteiger partial charge is 0.302 e. The predicted octanol–water partition coefficient (Wildman–Crippen LogP) is 2.20. The van der Waals surface area contributed by atoms with Gasteiger partial charge in [-0.3, -0.25) is 9.69 Å². The third kappa shape index (κ3) is 3.88. The normalized spacial score (nSPS) is 20.1. The van der Waals surface area contributed by atoms with E-state index in [0.29, 0.717) is 12.6 Å². The first-order valence-corrected chi connectivity index (χ1v) is 7.05. The number of hydrogen-bond acceptors (Lipinski definition) is 3. The predicted molar refractivity (Wildman–Crippen MR) is 78.7 cm³/mol. The molecule has 0 bridgehead atoms. The molecule has 1 aliphatic rings. The average Bonchev–Trinajstić information content (AvgIpc) is 2.75. The summed E-state index contributed by atoms with van der Waals surface area (Å²) in [5.41, 5.74) is 1.97. The number of carbonyl (C=O) groups is 1. The second-order valence-electron chi connectivity index (χ2n) is 5.77. The van der Waals surface area contributed by atoms with E-state index >= 15 is 0 Å². The van der Waals surface area contributed by atoms with Crippen LogP contribution in [0.4, 0.5) is 0 Å². The summed E-state index contributed by atoms with van der Waals surface area (Å²) >= 11 is 0. The maximum Gasteiger partial charge on any atom is 0.176 e. The minimum atomic E-state index is 0.215. The molecule has 1 atom stereocenters. The zero-order valence-electron chi connectivity index (χ0n) is 12.2. The van der Waals surface area contributed by atoms with Crippen LogP contribution in [0.5, 0.6) is 0 Å². The van der Waals surface area contributed by atoms with E-state index in [0.717, 1.165) is 17.7 Å². The van der Waals surface area contributed by atoms with Crippen molar-refractivity contribution in [3.05, 3.63) is 35.4 Å². The van der Waals surface area contributed by atoms with Crippen LogP contribution in [-0.2, 0) is 0 Å². The van der Waals surface area contributed by atoms with Crippen LogP contribution < -0.4 is 0 Å². The molecule has 104 valence electrons. The molecule has 1 unspecified atom stereocenters. The fourth-order valence-corrected chi connectivity index (χ4v) is 2.79. The second-order valence-corrected chi connectivity index (χ2v) is 5.77. The maximum atomic E-state index is 12.2. The minimum absolute atomic E-state index is 0.215. The van der Waals surface area contributed by atoms with Gasteiger partial charge in [-0.05, 0) is 46.5 Å². The van der Waals surface area contributed by atoms with Gasteiger partial charge in [0, 0.05) is 18.2 Å². The summed E-state index contributed by atoms with van der Waals surface area (Å²) in [5.74, 6) is 0.215. The average molecular weight is 260 g/mol. The van der Waals surface area contributed by atoms with Gasteiger partial charge >= 0.3 is 0 Å². The van der Waals surface area contributed by atoms with Crippen molar-refractivity contribution in [2.75, 3.05) is 33.7 Å². The van der Waals surface area contributed by atoms with E-state index in [1.807, 2.05) is 38.2 Å². The molecular formula is C16H24N2O. The summed E-state index contributed by atoms with van der Waals surface area (Å²) < 4.78 is 0. The van der Waals surface area contributed by atoms with Crippen LogP contribution in [0.1, 0.15) is 28.8 Å². The molecule has 0 radical (unpaired) electrons. The van der Waals surface area contributed by atoms with E-state index in [2.05, 4.69) is 16.8 Å². The first-order chi connectivity index (χ1) is 9.06. The lowest BCUT2D eigenvalue weighted by atomic mass is 10.1. The van der Waals surface area contributed by atoms with Crippen LogP contribution in [0, 0.1) is 6.92 Å². The Kier molecular flexibility index (Phi) is 4.72. The van der Waals surface area contributed by atoms with Crippen LogP contribution in [0.15, 0.2) is 24.3 Å². The van der Waals surface area contributed by atoms with Crippen LogP contribution in [0.25, 0.3) is 0 Å². The van der Waals surface area contributed by atoms with Crippen molar-refractivity contribution in [3.8, 4) is 0 Å². The Morgan fingerprint density at radius 2 is 2.26 bits per heavy atom. The molecule has 0 aromatic heterocycles. The highest BCUT2D eigenvalue weighted by Gasteiger charge is 2.22. The van der Waals surface area contributed by atoms with Gasteiger partial charge in [0.1, 0.15) is 0 Å². The monoisotopic (exact) mass is 260 g/mol. The van der Waals surface area contributed by atoms with Crippen LogP contribution in [-0.4, -0.2) is 55.4 Å². The van der Waals surface area contributed by atoms with Gasteiger partial charge in [0.15, 0.2) is 5.78 Å². The van der Waals surface area contributed by atoms with Gasteiger partial charge in [-0.25, -0.2) is 0 Å². The van der Waals surface area contributed by atoms with Crippen LogP contribution >= 0.6 is 0 Å². The molecular weight excluding hydrogens is 236 g/mol. The summed E-state index contributed by atoms with van der Waals surface area (Å²) in [7, 11) is 4.22. The van der Waals surface area contributed by atoms with E-state index < -0.39 is 0 Å². The molecule has 0 spiro atoms. The van der Waals surface area contributed by atoms with E-state index in [4.69, 9.17) is 0 Å². The van der Waals surface area contributed by atoms with Gasteiger partial charge in [-0.2, -0.15) is 0 Å². The van der Waals surface area contributed by atoms with Crippen molar-refractivity contribution in [2.45, 2.75) is 25.8 Å². The van der Waals surface area contributed by atoms with Crippen LogP contribution in [0.2, 0.25) is 0 Å². The SMILES string of the molecule is Cc1cccc(C(=O)CN(C)CC2CCCN2C)c1. The number of ketones is 1. The lowest BCUT2D eigenvalue weighted by molar-refractivity contribution is 0.0932. The number of likely N-dealkylation sites (N-methyl/N-ethyl adjacent to an activating group) is 2. The maximum absolute atomic E-state index is 12.2. The number of benzene rings is 1. The molecule has 1 aromatic rings. The van der Waals surface area contributed by atoms with Crippen molar-refractivity contribution >= 4 is 5.78 Å². The van der Waals surface area contributed by atoms with Crippen LogP contribution in [0.3, 0.4) is 0 Å². The van der Waals surface area contributed by atoms with Gasteiger partial charge < -0.3 is 4.90 Å². The molecule has 3 heteroatoms. The Bertz CT molecular complexity index is 444. The molecule has 2 rings (SSSR count). The molecule has 19 heavy (non-hydrogen) atoms. The van der Waals surface area contributed by atoms with Gasteiger partial charge in [0.05, 0.1) is 6.54 Å². The van der Waals surface area contributed by atoms with Gasteiger partial charge in [0.25, 0.3) is 0 Å². The first kappa shape index (κ1) is 14.2. The summed E-state index contributed by atoms with van der Waals surface area (Å²) in [5, 5.41) is 0. The van der Waals surface area contributed by atoms with E-state index in [1.54, 1.807) is 0 Å². The molecule has 1 saturated heterocycles. The summed E-state index contributed by atoms with van der Waals surface area (Å²) in [4.78, 5) is 16.8. The van der Waals surface area contributed by atoms with Crippen molar-refractivity contribution in [3.63, 3.8) is 0 Å². The molecule has 1 aromatic carbocycles. The smallest absolute Gasteiger partial charge is 0.176 e. The summed E-state index contributed by atoms with van der Waals surface area (Å²) in [6.45, 7) is 4.69. The number of rotatable bonds is 5. The lowest BCUT2D eigenvalue weighted by Crippen LogP contribution is -2.38. The molecule has 1 heterocycles. The molecule has 0 amide bonds. The fraction of sp³-hybridized carbons (Fsp3) is 0.562. The van der Waals surface area contributed by atoms with Crippen molar-refractivity contribution in [1.82, 2.24) is 9.80 Å². The summed E-state index contributed by atoms with van der Waals surface area (Å²) in [6, 6.07) is 8.46. The fourth-order valence-electron chi connectivity index (χ4n) is 2.79. The van der Waals surface area contributed by atoms with E-state index in [-0.39, 0.29) is 5.78 Å². The third-order valence-electron chi connectivity index (χ3n) is 3.95. The second kappa shape index (κ2) is 6.31. The van der Waals surface area contributed by atoms with Crippen molar-refractivity contribution < 1.29 is 4.79 Å². The lowest BCUT2D eigenvalue weighted by Gasteiger charge is -2.25. The summed E-state index contributed by atoms with van der Waals surface area (Å²) in [6.07, 6.45) is 2.53. The topological polar surface area (TPSA) is 23.6 Å². The number of nitrogens with zero attached hydrogens (tertiary/aromatic N) is 2. The zero-order valence-corrected chi connectivity index (χ0v) is 12.2. The van der Waals surface area contributed by atoms with E-state index in [9.17, 15) is 4.79 Å². The highest BCUT2D eigenvalue weighted by molar-refractivity contribution is 5.97. The zero-order chi connectivity index (χ0) is 13.8. The molecule has 0 N–H and O–H groups in total. The standard InChI is InChI=1S/C16H24N2O/c1-13-6-4-7-14(10-13)16(19)12-17(2)11-15-8-5-9-18(15)3/h4,6-7,10,15H,5,8-9,11-12H2,1-3H3. The number of carbonyl (C=O) groups excluding carboxylic acids is 1. The van der Waals surface area contributed by atoms with Gasteiger partial charge in [-0.1, -0.05) is 23.8 Å². The number of hydrogen-bond donors (Lipinski definition) is 0. The van der Waals surface area contributed by atoms with Gasteiger partial charge in [-0.15, -0.1) is 0 Å². The van der Waals surface area contributed by atoms with E-state index in [1.165, 1.54) is 19.4 Å². The molecule has 3 nitrogen and oxygen atoms in total. The number of Topliss-reactive ketones (excluding diaryl/α,β-unsaturated/α-hetero) is 1. The van der Waals surface area contributed by atoms with Crippen molar-refractivity contribution in [2.24, 2.45) is 0 Å². The first-order valence-electron chi connectivity index (χ1n) is 7.05. The Balaban J connectivity index is 1.88. The quantitative estimate of drug-likeness (QED) is 0.758. The van der Waals surface area contributed by atoms with Gasteiger partial charge in [0.2, 0.25) is 0 Å². The van der Waals surface area contributed by atoms with Crippen molar-refractivity contribution in [1.29, 1.82) is 0 Å². The molecule has 0 saturated carbocycles. The highest BCUT2D eigenvalue weighted by atomic mass is 16.1. The Morgan fingerprint density at radius 1 is 1.47 bits per heavy atom. The third-order valence-corrected chi connectivity index (χ3v) is 3.95. The number of aryl methyl sites for hydroxylation is 1. The molecule has 0 aliphatic carbocycles.